The Morgan fingerprint density at radius 1 is 1.20 bits per heavy atom. The van der Waals surface area contributed by atoms with Gasteiger partial charge in [-0.05, 0) is 18.2 Å². The van der Waals surface area contributed by atoms with Crippen LogP contribution in [0.4, 0.5) is 5.95 Å². The largest absolute Gasteiger partial charge is 0.493 e. The molecule has 0 saturated heterocycles. The molecule has 0 aliphatic rings. The van der Waals surface area contributed by atoms with Gasteiger partial charge in [0.1, 0.15) is 0 Å². The van der Waals surface area contributed by atoms with E-state index in [1.54, 1.807) is 20.8 Å². The van der Waals surface area contributed by atoms with E-state index in [-0.39, 0.29) is 28.0 Å². The topological polar surface area (TPSA) is 124 Å². The first-order chi connectivity index (χ1) is 11.6. The minimum Gasteiger partial charge on any atom is -0.493 e. The third kappa shape index (κ3) is 4.57. The average molecular weight is 365 g/mol. The lowest BCUT2D eigenvalue weighted by atomic mass is 9.95. The van der Waals surface area contributed by atoms with Crippen LogP contribution in [0.5, 0.6) is 5.88 Å². The van der Waals surface area contributed by atoms with Crippen molar-refractivity contribution in [1.82, 2.24) is 15.3 Å². The molecule has 4 N–H and O–H groups in total. The number of nitrogens with one attached hydrogen (secondary N) is 3. The summed E-state index contributed by atoms with van der Waals surface area (Å²) in [6.07, 6.45) is 1.12. The quantitative estimate of drug-likeness (QED) is 0.665. The first kappa shape index (κ1) is 18.5. The molecule has 0 fully saturated rings. The number of nitrogens with zero attached hydrogens (tertiary/aromatic N) is 1. The lowest BCUT2D eigenvalue weighted by molar-refractivity contribution is -0.127. The summed E-state index contributed by atoms with van der Waals surface area (Å²) >= 11 is 6.01. The highest BCUT2D eigenvalue weighted by Crippen LogP contribution is 2.20. The lowest BCUT2D eigenvalue weighted by Crippen LogP contribution is -2.39. The zero-order valence-electron chi connectivity index (χ0n) is 13.8. The number of H-pyrrole nitrogens is 1. The predicted octanol–water partition coefficient (Wildman–Crippen LogP) is 2.32. The van der Waals surface area contributed by atoms with Crippen LogP contribution in [0.25, 0.3) is 0 Å². The van der Waals surface area contributed by atoms with Crippen molar-refractivity contribution in [1.29, 1.82) is 0 Å². The third-order valence-corrected chi connectivity index (χ3v) is 3.51. The number of halogens is 1. The maximum atomic E-state index is 12.3. The highest BCUT2D eigenvalue weighted by Gasteiger charge is 2.24. The van der Waals surface area contributed by atoms with Crippen LogP contribution in [0.15, 0.2) is 24.4 Å². The standard InChI is InChI=1S/C16H17ClN4O4/c1-16(2,3)14(25)20-12(23)8-4-5-10(17)9(6-8)13(24)21-15-18-7-11(22)19-15/h4-7,22H,1-3H3,(H,20,23,25)(H2,18,19,21,24). The number of hydrogen-bond donors (Lipinski definition) is 4. The number of amides is 3. The molecular formula is C16H17ClN4O4. The van der Waals surface area contributed by atoms with Gasteiger partial charge in [0.05, 0.1) is 16.8 Å². The van der Waals surface area contributed by atoms with E-state index in [4.69, 9.17) is 11.6 Å². The Bertz CT molecular complexity index is 839. The fraction of sp³-hybridized carbons (Fsp3) is 0.250. The number of aromatic nitrogens is 2. The average Bonchev–Trinajstić information content (AvgIpc) is 2.91. The van der Waals surface area contributed by atoms with E-state index in [2.05, 4.69) is 20.6 Å². The van der Waals surface area contributed by atoms with Crippen molar-refractivity contribution >= 4 is 35.3 Å². The van der Waals surface area contributed by atoms with Gasteiger partial charge in [0.15, 0.2) is 0 Å². The molecule has 0 aliphatic heterocycles. The van der Waals surface area contributed by atoms with Gasteiger partial charge in [0.25, 0.3) is 11.8 Å². The Kier molecular flexibility index (Phi) is 5.13. The smallest absolute Gasteiger partial charge is 0.259 e. The zero-order valence-corrected chi connectivity index (χ0v) is 14.6. The van der Waals surface area contributed by atoms with Gasteiger partial charge in [0.2, 0.25) is 17.7 Å². The number of aromatic hydroxyl groups is 1. The molecule has 0 radical (unpaired) electrons. The lowest BCUT2D eigenvalue weighted by Gasteiger charge is -2.17. The van der Waals surface area contributed by atoms with Gasteiger partial charge >= 0.3 is 0 Å². The summed E-state index contributed by atoms with van der Waals surface area (Å²) in [5, 5.41) is 14.0. The molecule has 0 bridgehead atoms. The maximum absolute atomic E-state index is 12.3. The van der Waals surface area contributed by atoms with Crippen molar-refractivity contribution < 1.29 is 19.5 Å². The maximum Gasteiger partial charge on any atom is 0.259 e. The van der Waals surface area contributed by atoms with Crippen LogP contribution >= 0.6 is 11.6 Å². The van der Waals surface area contributed by atoms with Crippen molar-refractivity contribution in [3.8, 4) is 5.88 Å². The van der Waals surface area contributed by atoms with Crippen LogP contribution in [0.1, 0.15) is 41.5 Å². The summed E-state index contributed by atoms with van der Waals surface area (Å²) in [4.78, 5) is 42.5. The molecule has 132 valence electrons. The Labute approximate surface area is 148 Å². The number of rotatable bonds is 3. The number of carbonyl (C=O) groups excluding carboxylic acids is 3. The zero-order chi connectivity index (χ0) is 18.8. The summed E-state index contributed by atoms with van der Waals surface area (Å²) in [6.45, 7) is 5.03. The molecule has 9 heteroatoms. The molecule has 2 rings (SSSR count). The van der Waals surface area contributed by atoms with Gasteiger partial charge in [-0.25, -0.2) is 4.98 Å². The first-order valence-electron chi connectivity index (χ1n) is 7.28. The van der Waals surface area contributed by atoms with E-state index in [0.29, 0.717) is 0 Å². The van der Waals surface area contributed by atoms with Gasteiger partial charge in [-0.1, -0.05) is 32.4 Å². The molecule has 25 heavy (non-hydrogen) atoms. The van der Waals surface area contributed by atoms with E-state index in [1.165, 1.54) is 18.2 Å². The molecule has 3 amide bonds. The fourth-order valence-corrected chi connectivity index (χ4v) is 1.96. The van der Waals surface area contributed by atoms with Gasteiger partial charge in [-0.3, -0.25) is 30.0 Å². The fourth-order valence-electron chi connectivity index (χ4n) is 1.75. The highest BCUT2D eigenvalue weighted by atomic mass is 35.5. The van der Waals surface area contributed by atoms with Gasteiger partial charge in [-0.2, -0.15) is 0 Å². The number of benzene rings is 1. The summed E-state index contributed by atoms with van der Waals surface area (Å²) in [6, 6.07) is 4.06. The number of anilines is 1. The first-order valence-corrected chi connectivity index (χ1v) is 7.66. The van der Waals surface area contributed by atoms with Crippen molar-refractivity contribution in [2.75, 3.05) is 5.32 Å². The Morgan fingerprint density at radius 3 is 2.44 bits per heavy atom. The highest BCUT2D eigenvalue weighted by molar-refractivity contribution is 6.34. The Hall–Kier alpha value is -2.87. The third-order valence-electron chi connectivity index (χ3n) is 3.18. The number of carbonyl (C=O) groups is 3. The number of hydrogen-bond acceptors (Lipinski definition) is 5. The minimum absolute atomic E-state index is 0.0217. The summed E-state index contributed by atoms with van der Waals surface area (Å²) < 4.78 is 0. The molecule has 0 atom stereocenters. The van der Waals surface area contributed by atoms with Gasteiger partial charge in [0, 0.05) is 11.0 Å². The molecule has 1 aromatic carbocycles. The SMILES string of the molecule is CC(C)(C)C(=O)NC(=O)c1ccc(Cl)c(C(=O)Nc2ncc(O)[nH]2)c1. The number of imide groups is 1. The van der Waals surface area contributed by atoms with E-state index >= 15 is 0 Å². The van der Waals surface area contributed by atoms with E-state index in [9.17, 15) is 19.5 Å². The van der Waals surface area contributed by atoms with Crippen molar-refractivity contribution in [3.05, 3.63) is 40.5 Å². The second kappa shape index (κ2) is 6.94. The minimum atomic E-state index is -0.733. The van der Waals surface area contributed by atoms with Crippen molar-refractivity contribution in [2.24, 2.45) is 5.41 Å². The van der Waals surface area contributed by atoms with Crippen molar-refractivity contribution in [2.45, 2.75) is 20.8 Å². The van der Waals surface area contributed by atoms with Crippen LogP contribution < -0.4 is 10.6 Å². The molecule has 8 nitrogen and oxygen atoms in total. The van der Waals surface area contributed by atoms with Gasteiger partial charge in [-0.15, -0.1) is 0 Å². The summed E-state index contributed by atoms with van der Waals surface area (Å²) in [5.74, 6) is -1.89. The number of aromatic amines is 1. The van der Waals surface area contributed by atoms with Crippen molar-refractivity contribution in [3.63, 3.8) is 0 Å². The Balaban J connectivity index is 2.20. The molecule has 1 heterocycles. The van der Waals surface area contributed by atoms with E-state index in [1.807, 2.05) is 0 Å². The summed E-state index contributed by atoms with van der Waals surface area (Å²) in [7, 11) is 0. The molecule has 0 saturated carbocycles. The Morgan fingerprint density at radius 2 is 1.88 bits per heavy atom. The van der Waals surface area contributed by atoms with Crippen LogP contribution in [0.2, 0.25) is 5.02 Å². The second-order valence-corrected chi connectivity index (χ2v) is 6.71. The van der Waals surface area contributed by atoms with Crippen LogP contribution in [0.3, 0.4) is 0 Å². The normalized spacial score (nSPS) is 11.0. The molecular weight excluding hydrogens is 348 g/mol. The van der Waals surface area contributed by atoms with Crippen LogP contribution in [0, 0.1) is 5.41 Å². The monoisotopic (exact) mass is 364 g/mol. The van der Waals surface area contributed by atoms with E-state index < -0.39 is 23.1 Å². The van der Waals surface area contributed by atoms with Gasteiger partial charge < -0.3 is 5.11 Å². The predicted molar refractivity (Wildman–Crippen MR) is 91.6 cm³/mol. The molecule has 0 aliphatic carbocycles. The molecule has 0 spiro atoms. The summed E-state index contributed by atoms with van der Waals surface area (Å²) in [5.41, 5.74) is -0.605. The number of imidazole rings is 1. The van der Waals surface area contributed by atoms with Crippen LogP contribution in [-0.4, -0.2) is 32.8 Å². The molecule has 0 unspecified atom stereocenters. The van der Waals surface area contributed by atoms with E-state index in [0.717, 1.165) is 6.20 Å². The second-order valence-electron chi connectivity index (χ2n) is 6.30. The molecule has 2 aromatic rings. The molecule has 1 aromatic heterocycles. The van der Waals surface area contributed by atoms with Crippen LogP contribution in [-0.2, 0) is 4.79 Å².